The summed E-state index contributed by atoms with van der Waals surface area (Å²) in [7, 11) is 0. The highest BCUT2D eigenvalue weighted by Gasteiger charge is 2.11. The van der Waals surface area contributed by atoms with E-state index in [1.54, 1.807) is 6.20 Å². The highest BCUT2D eigenvalue weighted by atomic mass is 35.5. The standard InChI is InChI=1S/C21H29N3O2.2ClH/c25-20(23-15-14-22-18-10-6-1-2-7-11-18)12-13-21-24-16-19(26-21)17-8-4-3-5-9-17;;/h3-5,8-9,16,18,22H,1-2,6-7,10-15H2,(H,23,25);2*1H. The topological polar surface area (TPSA) is 67.2 Å². The first kappa shape index (κ1) is 24.5. The van der Waals surface area contributed by atoms with Crippen LogP contribution in [-0.2, 0) is 11.2 Å². The zero-order valence-corrected chi connectivity index (χ0v) is 17.8. The lowest BCUT2D eigenvalue weighted by Gasteiger charge is -2.16. The second kappa shape index (κ2) is 13.6. The molecule has 1 fully saturated rings. The number of aryl methyl sites for hydroxylation is 1. The molecule has 5 nitrogen and oxygen atoms in total. The van der Waals surface area contributed by atoms with Crippen LogP contribution in [0.4, 0.5) is 0 Å². The maximum Gasteiger partial charge on any atom is 0.220 e. The molecule has 0 bridgehead atoms. The largest absolute Gasteiger partial charge is 0.441 e. The van der Waals surface area contributed by atoms with Gasteiger partial charge in [0.25, 0.3) is 0 Å². The number of aromatic nitrogens is 1. The smallest absolute Gasteiger partial charge is 0.220 e. The summed E-state index contributed by atoms with van der Waals surface area (Å²) >= 11 is 0. The normalized spacial score (nSPS) is 14.4. The van der Waals surface area contributed by atoms with Gasteiger partial charge in [0.15, 0.2) is 11.7 Å². The van der Waals surface area contributed by atoms with E-state index in [-0.39, 0.29) is 30.7 Å². The minimum absolute atomic E-state index is 0. The van der Waals surface area contributed by atoms with Crippen LogP contribution in [0, 0.1) is 0 Å². The van der Waals surface area contributed by atoms with Crippen LogP contribution in [0.25, 0.3) is 11.3 Å². The van der Waals surface area contributed by atoms with Crippen LogP contribution in [0.2, 0.25) is 0 Å². The van der Waals surface area contributed by atoms with E-state index in [2.05, 4.69) is 15.6 Å². The zero-order valence-electron chi connectivity index (χ0n) is 16.2. The van der Waals surface area contributed by atoms with Gasteiger partial charge in [-0.3, -0.25) is 4.79 Å². The van der Waals surface area contributed by atoms with Gasteiger partial charge in [-0.05, 0) is 12.8 Å². The van der Waals surface area contributed by atoms with Crippen LogP contribution in [-0.4, -0.2) is 30.0 Å². The van der Waals surface area contributed by atoms with Gasteiger partial charge < -0.3 is 15.1 Å². The SMILES string of the molecule is Cl.Cl.O=C(CCc1ncc(-c2ccccc2)o1)NCCNC1CCCCCC1. The van der Waals surface area contributed by atoms with Crippen LogP contribution >= 0.6 is 24.8 Å². The number of carbonyl (C=O) groups is 1. The van der Waals surface area contributed by atoms with Crippen molar-refractivity contribution in [3.05, 3.63) is 42.4 Å². The maximum atomic E-state index is 12.0. The molecule has 2 N–H and O–H groups in total. The van der Waals surface area contributed by atoms with E-state index in [9.17, 15) is 4.79 Å². The summed E-state index contributed by atoms with van der Waals surface area (Å²) in [6.45, 7) is 1.52. The molecule has 3 rings (SSSR count). The van der Waals surface area contributed by atoms with Crippen LogP contribution in [0.3, 0.4) is 0 Å². The third kappa shape index (κ3) is 8.21. The number of carbonyl (C=O) groups excluding carboxylic acids is 1. The van der Waals surface area contributed by atoms with Gasteiger partial charge >= 0.3 is 0 Å². The van der Waals surface area contributed by atoms with Gasteiger partial charge in [0.2, 0.25) is 5.91 Å². The average Bonchev–Trinajstić information content (AvgIpc) is 3.00. The fraction of sp³-hybridized carbons (Fsp3) is 0.524. The Bertz CT molecular complexity index is 671. The van der Waals surface area contributed by atoms with Crippen molar-refractivity contribution in [2.75, 3.05) is 13.1 Å². The molecular weight excluding hydrogens is 397 g/mol. The molecule has 156 valence electrons. The molecule has 1 aliphatic carbocycles. The molecule has 0 radical (unpaired) electrons. The number of benzene rings is 1. The van der Waals surface area contributed by atoms with E-state index >= 15 is 0 Å². The van der Waals surface area contributed by atoms with Crippen molar-refractivity contribution in [1.29, 1.82) is 0 Å². The fourth-order valence-corrected chi connectivity index (χ4v) is 3.43. The van der Waals surface area contributed by atoms with Gasteiger partial charge in [0.05, 0.1) is 6.20 Å². The summed E-state index contributed by atoms with van der Waals surface area (Å²) in [4.78, 5) is 16.3. The lowest BCUT2D eigenvalue weighted by atomic mass is 10.1. The number of nitrogens with zero attached hydrogens (tertiary/aromatic N) is 1. The minimum atomic E-state index is 0. The second-order valence-corrected chi connectivity index (χ2v) is 6.98. The summed E-state index contributed by atoms with van der Waals surface area (Å²) in [5.74, 6) is 1.40. The van der Waals surface area contributed by atoms with Crippen molar-refractivity contribution in [1.82, 2.24) is 15.6 Å². The van der Waals surface area contributed by atoms with Gasteiger partial charge in [0, 0.05) is 37.5 Å². The lowest BCUT2D eigenvalue weighted by Crippen LogP contribution is -2.36. The molecule has 0 aliphatic heterocycles. The molecule has 1 amide bonds. The first-order valence-electron chi connectivity index (χ1n) is 9.81. The maximum absolute atomic E-state index is 12.0. The Kier molecular flexibility index (Phi) is 11.9. The zero-order chi connectivity index (χ0) is 18.0. The highest BCUT2D eigenvalue weighted by molar-refractivity contribution is 5.85. The number of rotatable bonds is 8. The number of nitrogens with one attached hydrogen (secondary N) is 2. The van der Waals surface area contributed by atoms with E-state index in [1.165, 1.54) is 38.5 Å². The molecular formula is C21H31Cl2N3O2. The molecule has 1 saturated carbocycles. The van der Waals surface area contributed by atoms with Crippen LogP contribution in [0.15, 0.2) is 40.9 Å². The fourth-order valence-electron chi connectivity index (χ4n) is 3.43. The Morgan fingerprint density at radius 1 is 1.04 bits per heavy atom. The number of hydrogen-bond donors (Lipinski definition) is 2. The van der Waals surface area contributed by atoms with Gasteiger partial charge in [-0.25, -0.2) is 4.98 Å². The molecule has 7 heteroatoms. The number of halogens is 2. The molecule has 2 aromatic rings. The predicted molar refractivity (Wildman–Crippen MR) is 117 cm³/mol. The summed E-state index contributed by atoms with van der Waals surface area (Å²) in [5, 5.41) is 6.54. The summed E-state index contributed by atoms with van der Waals surface area (Å²) in [5.41, 5.74) is 1.00. The molecule has 1 aromatic carbocycles. The lowest BCUT2D eigenvalue weighted by molar-refractivity contribution is -0.121. The van der Waals surface area contributed by atoms with Crippen molar-refractivity contribution in [3.8, 4) is 11.3 Å². The van der Waals surface area contributed by atoms with E-state index in [1.807, 2.05) is 30.3 Å². The molecule has 1 heterocycles. The Morgan fingerprint density at radius 3 is 2.46 bits per heavy atom. The third-order valence-corrected chi connectivity index (χ3v) is 4.91. The minimum Gasteiger partial charge on any atom is -0.441 e. The van der Waals surface area contributed by atoms with Crippen LogP contribution in [0.5, 0.6) is 0 Å². The van der Waals surface area contributed by atoms with Crippen LogP contribution < -0.4 is 10.6 Å². The molecule has 28 heavy (non-hydrogen) atoms. The summed E-state index contributed by atoms with van der Waals surface area (Å²) < 4.78 is 5.73. The van der Waals surface area contributed by atoms with Crippen molar-refractivity contribution < 1.29 is 9.21 Å². The highest BCUT2D eigenvalue weighted by Crippen LogP contribution is 2.20. The van der Waals surface area contributed by atoms with Crippen molar-refractivity contribution in [2.24, 2.45) is 0 Å². The van der Waals surface area contributed by atoms with E-state index in [0.29, 0.717) is 31.3 Å². The summed E-state index contributed by atoms with van der Waals surface area (Å²) in [6, 6.07) is 10.5. The number of hydrogen-bond acceptors (Lipinski definition) is 4. The van der Waals surface area contributed by atoms with Gasteiger partial charge in [0.1, 0.15) is 0 Å². The average molecular weight is 428 g/mol. The van der Waals surface area contributed by atoms with Crippen molar-refractivity contribution in [3.63, 3.8) is 0 Å². The van der Waals surface area contributed by atoms with E-state index in [0.717, 1.165) is 17.9 Å². The third-order valence-electron chi connectivity index (χ3n) is 4.91. The monoisotopic (exact) mass is 427 g/mol. The molecule has 0 atom stereocenters. The van der Waals surface area contributed by atoms with Gasteiger partial charge in [-0.1, -0.05) is 56.0 Å². The molecule has 0 saturated heterocycles. The quantitative estimate of drug-likeness (QED) is 0.478. The van der Waals surface area contributed by atoms with Crippen molar-refractivity contribution in [2.45, 2.75) is 57.4 Å². The van der Waals surface area contributed by atoms with E-state index in [4.69, 9.17) is 4.42 Å². The second-order valence-electron chi connectivity index (χ2n) is 6.98. The van der Waals surface area contributed by atoms with Crippen LogP contribution in [0.1, 0.15) is 50.8 Å². The van der Waals surface area contributed by atoms with Crippen molar-refractivity contribution >= 4 is 30.7 Å². The Labute approximate surface area is 179 Å². The number of amides is 1. The van der Waals surface area contributed by atoms with Gasteiger partial charge in [-0.2, -0.15) is 0 Å². The first-order valence-corrected chi connectivity index (χ1v) is 9.81. The Hall–Kier alpha value is -1.56. The molecule has 0 unspecified atom stereocenters. The molecule has 1 aromatic heterocycles. The molecule has 1 aliphatic rings. The summed E-state index contributed by atoms with van der Waals surface area (Å²) in [6.07, 6.45) is 10.6. The molecule has 0 spiro atoms. The van der Waals surface area contributed by atoms with E-state index < -0.39 is 0 Å². The Morgan fingerprint density at radius 2 is 1.75 bits per heavy atom. The van der Waals surface area contributed by atoms with Gasteiger partial charge in [-0.15, -0.1) is 24.8 Å². The number of oxazole rings is 1. The Balaban J connectivity index is 0.00000196. The first-order chi connectivity index (χ1) is 12.8. The predicted octanol–water partition coefficient (Wildman–Crippen LogP) is 4.55.